The van der Waals surface area contributed by atoms with Gasteiger partial charge in [-0.15, -0.1) is 11.3 Å². The molecule has 0 saturated carbocycles. The first-order valence-electron chi connectivity index (χ1n) is 7.16. The lowest BCUT2D eigenvalue weighted by atomic mass is 10.1. The van der Waals surface area contributed by atoms with Gasteiger partial charge in [0.25, 0.3) is 0 Å². The van der Waals surface area contributed by atoms with Crippen LogP contribution in [0.25, 0.3) is 20.4 Å². The van der Waals surface area contributed by atoms with Crippen molar-refractivity contribution in [2.24, 2.45) is 0 Å². The van der Waals surface area contributed by atoms with Crippen molar-refractivity contribution in [2.75, 3.05) is 5.32 Å². The zero-order valence-electron chi connectivity index (χ0n) is 12.6. The Labute approximate surface area is 136 Å². The number of rotatable bonds is 2. The fourth-order valence-electron chi connectivity index (χ4n) is 2.67. The van der Waals surface area contributed by atoms with E-state index in [1.54, 1.807) is 29.8 Å². The number of nitrogens with one attached hydrogen (secondary N) is 1. The molecule has 23 heavy (non-hydrogen) atoms. The van der Waals surface area contributed by atoms with Gasteiger partial charge < -0.3 is 5.32 Å². The summed E-state index contributed by atoms with van der Waals surface area (Å²) in [7, 11) is 0. The number of aromatic nitrogens is 3. The molecule has 0 aliphatic rings. The summed E-state index contributed by atoms with van der Waals surface area (Å²) in [5, 5.41) is 4.30. The van der Waals surface area contributed by atoms with Crippen LogP contribution in [0, 0.1) is 19.7 Å². The predicted octanol–water partition coefficient (Wildman–Crippen LogP) is 4.74. The molecule has 4 rings (SSSR count). The zero-order chi connectivity index (χ0) is 16.0. The largest absolute Gasteiger partial charge is 0.339 e. The van der Waals surface area contributed by atoms with Crippen LogP contribution in [-0.4, -0.2) is 15.0 Å². The maximum Gasteiger partial charge on any atom is 0.151 e. The summed E-state index contributed by atoms with van der Waals surface area (Å²) in [6, 6.07) is 8.26. The lowest BCUT2D eigenvalue weighted by molar-refractivity contribution is 0.628. The van der Waals surface area contributed by atoms with E-state index in [4.69, 9.17) is 0 Å². The lowest BCUT2D eigenvalue weighted by Gasteiger charge is -2.05. The fourth-order valence-corrected chi connectivity index (χ4v) is 3.86. The van der Waals surface area contributed by atoms with E-state index < -0.39 is 0 Å². The van der Waals surface area contributed by atoms with Crippen LogP contribution in [0.15, 0.2) is 36.7 Å². The Morgan fingerprint density at radius 3 is 2.65 bits per heavy atom. The summed E-state index contributed by atoms with van der Waals surface area (Å²) in [5.41, 5.74) is 3.83. The molecular formula is C17H13FN4S. The van der Waals surface area contributed by atoms with E-state index in [1.807, 2.05) is 6.92 Å². The second kappa shape index (κ2) is 5.24. The molecule has 0 atom stereocenters. The van der Waals surface area contributed by atoms with Gasteiger partial charge in [0, 0.05) is 16.8 Å². The Morgan fingerprint density at radius 1 is 1.09 bits per heavy atom. The van der Waals surface area contributed by atoms with Crippen molar-refractivity contribution in [1.29, 1.82) is 0 Å². The molecule has 0 spiro atoms. The van der Waals surface area contributed by atoms with Gasteiger partial charge >= 0.3 is 0 Å². The number of fused-ring (bicyclic) bond motifs is 3. The molecular weight excluding hydrogens is 311 g/mol. The Bertz CT molecular complexity index is 1020. The molecule has 1 N–H and O–H groups in total. The summed E-state index contributed by atoms with van der Waals surface area (Å²) in [6.07, 6.45) is 1.54. The van der Waals surface area contributed by atoms with Crippen LogP contribution < -0.4 is 5.32 Å². The smallest absolute Gasteiger partial charge is 0.151 e. The van der Waals surface area contributed by atoms with Crippen LogP contribution >= 0.6 is 11.3 Å². The summed E-state index contributed by atoms with van der Waals surface area (Å²) in [6.45, 7) is 4.05. The van der Waals surface area contributed by atoms with E-state index in [0.29, 0.717) is 5.82 Å². The standard InChI is InChI=1S/C17H13FN4S/c1-9-7-10(2)21-17-13(9)14-15(23-17)16(20-8-19-14)22-12-5-3-11(18)4-6-12/h3-8H,1-2H3,(H,19,20,22). The van der Waals surface area contributed by atoms with E-state index in [1.165, 1.54) is 12.1 Å². The molecule has 0 amide bonds. The maximum atomic E-state index is 13.0. The van der Waals surface area contributed by atoms with Crippen LogP contribution in [-0.2, 0) is 0 Å². The summed E-state index contributed by atoms with van der Waals surface area (Å²) < 4.78 is 14.0. The number of hydrogen-bond donors (Lipinski definition) is 1. The molecule has 4 aromatic rings. The number of pyridine rings is 1. The molecule has 0 bridgehead atoms. The highest BCUT2D eigenvalue weighted by Crippen LogP contribution is 2.37. The molecule has 4 nitrogen and oxygen atoms in total. The number of aryl methyl sites for hydroxylation is 2. The Hall–Kier alpha value is -2.60. The van der Waals surface area contributed by atoms with Crippen molar-refractivity contribution >= 4 is 43.3 Å². The molecule has 0 fully saturated rings. The van der Waals surface area contributed by atoms with Crippen LogP contribution in [0.4, 0.5) is 15.9 Å². The minimum Gasteiger partial charge on any atom is -0.339 e. The van der Waals surface area contributed by atoms with Crippen molar-refractivity contribution < 1.29 is 4.39 Å². The molecule has 3 heterocycles. The van der Waals surface area contributed by atoms with Crippen LogP contribution in [0.5, 0.6) is 0 Å². The second-order valence-electron chi connectivity index (χ2n) is 5.39. The highest BCUT2D eigenvalue weighted by molar-refractivity contribution is 7.26. The minimum atomic E-state index is -0.263. The summed E-state index contributed by atoms with van der Waals surface area (Å²) >= 11 is 1.57. The monoisotopic (exact) mass is 324 g/mol. The molecule has 0 saturated heterocycles. The van der Waals surface area contributed by atoms with Crippen molar-refractivity contribution in [3.05, 3.63) is 53.7 Å². The third-order valence-corrected chi connectivity index (χ3v) is 4.74. The number of thiophene rings is 1. The molecule has 6 heteroatoms. The zero-order valence-corrected chi connectivity index (χ0v) is 13.4. The van der Waals surface area contributed by atoms with E-state index in [-0.39, 0.29) is 5.82 Å². The topological polar surface area (TPSA) is 50.7 Å². The fraction of sp³-hybridized carbons (Fsp3) is 0.118. The van der Waals surface area contributed by atoms with Gasteiger partial charge in [0.15, 0.2) is 5.82 Å². The van der Waals surface area contributed by atoms with Gasteiger partial charge in [-0.2, -0.15) is 0 Å². The highest BCUT2D eigenvalue weighted by atomic mass is 32.1. The molecule has 0 aliphatic heterocycles. The number of anilines is 2. The first-order valence-corrected chi connectivity index (χ1v) is 7.97. The van der Waals surface area contributed by atoms with Crippen molar-refractivity contribution in [1.82, 2.24) is 15.0 Å². The van der Waals surface area contributed by atoms with Gasteiger partial charge in [-0.3, -0.25) is 0 Å². The molecule has 0 radical (unpaired) electrons. The maximum absolute atomic E-state index is 13.0. The molecule has 0 aliphatic carbocycles. The molecule has 1 aromatic carbocycles. The first-order chi connectivity index (χ1) is 11.1. The van der Waals surface area contributed by atoms with Gasteiger partial charge in [-0.05, 0) is 49.7 Å². The normalized spacial score (nSPS) is 11.3. The molecule has 114 valence electrons. The Balaban J connectivity index is 1.90. The Morgan fingerprint density at radius 2 is 1.87 bits per heavy atom. The third kappa shape index (κ3) is 2.41. The number of nitrogens with zero attached hydrogens (tertiary/aromatic N) is 3. The first kappa shape index (κ1) is 14.0. The number of halogens is 1. The highest BCUT2D eigenvalue weighted by Gasteiger charge is 2.14. The summed E-state index contributed by atoms with van der Waals surface area (Å²) in [5.74, 6) is 0.446. The van der Waals surface area contributed by atoms with Crippen molar-refractivity contribution in [2.45, 2.75) is 13.8 Å². The molecule has 3 aromatic heterocycles. The minimum absolute atomic E-state index is 0.263. The van der Waals surface area contributed by atoms with E-state index in [0.717, 1.165) is 37.4 Å². The van der Waals surface area contributed by atoms with Crippen LogP contribution in [0.1, 0.15) is 11.3 Å². The second-order valence-corrected chi connectivity index (χ2v) is 6.39. The average Bonchev–Trinajstić information content (AvgIpc) is 2.89. The van der Waals surface area contributed by atoms with E-state index >= 15 is 0 Å². The number of hydrogen-bond acceptors (Lipinski definition) is 5. The quantitative estimate of drug-likeness (QED) is 0.578. The van der Waals surface area contributed by atoms with Gasteiger partial charge in [-0.25, -0.2) is 19.3 Å². The van der Waals surface area contributed by atoms with Crippen molar-refractivity contribution in [3.63, 3.8) is 0 Å². The van der Waals surface area contributed by atoms with E-state index in [9.17, 15) is 4.39 Å². The average molecular weight is 324 g/mol. The SMILES string of the molecule is Cc1cc(C)c2c(n1)sc1c(Nc3ccc(F)cc3)ncnc12. The number of benzene rings is 1. The third-order valence-electron chi connectivity index (χ3n) is 3.66. The van der Waals surface area contributed by atoms with E-state index in [2.05, 4.69) is 33.3 Å². The lowest BCUT2D eigenvalue weighted by Crippen LogP contribution is -1.94. The van der Waals surface area contributed by atoms with Crippen LogP contribution in [0.2, 0.25) is 0 Å². The van der Waals surface area contributed by atoms with Gasteiger partial charge in [0.1, 0.15) is 17.0 Å². The predicted molar refractivity (Wildman–Crippen MR) is 91.9 cm³/mol. The van der Waals surface area contributed by atoms with Crippen LogP contribution in [0.3, 0.4) is 0 Å². The summed E-state index contributed by atoms with van der Waals surface area (Å²) in [4.78, 5) is 14.3. The Kier molecular flexibility index (Phi) is 3.20. The molecule has 0 unspecified atom stereocenters. The van der Waals surface area contributed by atoms with Gasteiger partial charge in [0.2, 0.25) is 0 Å². The van der Waals surface area contributed by atoms with Gasteiger partial charge in [0.05, 0.1) is 10.2 Å². The van der Waals surface area contributed by atoms with Crippen molar-refractivity contribution in [3.8, 4) is 0 Å². The van der Waals surface area contributed by atoms with Gasteiger partial charge in [-0.1, -0.05) is 0 Å².